The Bertz CT molecular complexity index is 1620. The van der Waals surface area contributed by atoms with Crippen molar-refractivity contribution in [2.45, 2.75) is 64.2 Å². The zero-order chi connectivity index (χ0) is 31.1. The smallest absolute Gasteiger partial charge is 0.248 e. The van der Waals surface area contributed by atoms with Crippen molar-refractivity contribution in [3.05, 3.63) is 77.4 Å². The fourth-order valence-corrected chi connectivity index (χ4v) is 5.04. The van der Waals surface area contributed by atoms with Crippen molar-refractivity contribution in [3.8, 4) is 11.4 Å². The number of phenolic OH excluding ortho intramolecular Hbond substituents is 1. The first-order chi connectivity index (χ1) is 20.5. The average Bonchev–Trinajstić information content (AvgIpc) is 3.43. The minimum absolute atomic E-state index is 0.136. The van der Waals surface area contributed by atoms with Gasteiger partial charge in [-0.1, -0.05) is 63.4 Å². The third-order valence-corrected chi connectivity index (χ3v) is 7.86. The zero-order valence-corrected chi connectivity index (χ0v) is 24.8. The van der Waals surface area contributed by atoms with Crippen LogP contribution >= 0.6 is 0 Å². The number of unbranched alkanes of at least 4 members (excludes halogenated alkanes) is 4. The highest BCUT2D eigenvalue weighted by Crippen LogP contribution is 2.41. The van der Waals surface area contributed by atoms with Crippen molar-refractivity contribution >= 4 is 34.4 Å². The molecule has 11 nitrogen and oxygen atoms in total. The van der Waals surface area contributed by atoms with Gasteiger partial charge >= 0.3 is 0 Å². The van der Waals surface area contributed by atoms with Crippen molar-refractivity contribution in [1.82, 2.24) is 20.4 Å². The first-order valence-electron chi connectivity index (χ1n) is 14.4. The minimum Gasteiger partial charge on any atom is -0.504 e. The van der Waals surface area contributed by atoms with Gasteiger partial charge in [-0.15, -0.1) is 15.0 Å². The Labute approximate surface area is 250 Å². The Kier molecular flexibility index (Phi) is 9.77. The van der Waals surface area contributed by atoms with Gasteiger partial charge in [-0.05, 0) is 54.3 Å². The van der Waals surface area contributed by atoms with Gasteiger partial charge in [0.15, 0.2) is 5.75 Å². The monoisotopic (exact) mass is 585 g/mol. The van der Waals surface area contributed by atoms with Gasteiger partial charge in [0.1, 0.15) is 16.7 Å². The van der Waals surface area contributed by atoms with E-state index in [1.165, 1.54) is 9.70 Å². The number of nitrogens with zero attached hydrogens (tertiary/aromatic N) is 4. The second-order valence-electron chi connectivity index (χ2n) is 11.2. The third-order valence-electron chi connectivity index (χ3n) is 7.86. The molecule has 1 aromatic heterocycles. The summed E-state index contributed by atoms with van der Waals surface area (Å²) in [5.41, 5.74) is 10.9. The SMILES string of the molecule is CN(C(=O)CCCCCCCC(=O)NN)c1cc(C(C)(C)c2ccccc2)cc(-n2nc3ccc(C(N)=O)cc3n2)c1O. The molecule has 226 valence electrons. The third kappa shape index (κ3) is 7.18. The molecule has 0 aliphatic carbocycles. The number of hydrogen-bond acceptors (Lipinski definition) is 7. The predicted molar refractivity (Wildman–Crippen MR) is 166 cm³/mol. The van der Waals surface area contributed by atoms with Crippen LogP contribution in [0, 0.1) is 0 Å². The van der Waals surface area contributed by atoms with Crippen LogP contribution in [0.4, 0.5) is 5.69 Å². The number of phenols is 1. The summed E-state index contributed by atoms with van der Waals surface area (Å²) in [5.74, 6) is 4.08. The van der Waals surface area contributed by atoms with Crippen LogP contribution < -0.4 is 21.9 Å². The molecule has 0 radical (unpaired) electrons. The van der Waals surface area contributed by atoms with Crippen LogP contribution in [0.3, 0.4) is 0 Å². The van der Waals surface area contributed by atoms with Gasteiger partial charge in [0.25, 0.3) is 0 Å². The van der Waals surface area contributed by atoms with E-state index in [2.05, 4.69) is 29.5 Å². The molecule has 6 N–H and O–H groups in total. The molecule has 0 saturated heterocycles. The quantitative estimate of drug-likeness (QED) is 0.0787. The summed E-state index contributed by atoms with van der Waals surface area (Å²) in [4.78, 5) is 39.1. The Morgan fingerprint density at radius 3 is 2.21 bits per heavy atom. The van der Waals surface area contributed by atoms with Crippen LogP contribution in [0.15, 0.2) is 60.7 Å². The first kappa shape index (κ1) is 31.2. The number of carbonyl (C=O) groups excluding carboxylic acids is 3. The van der Waals surface area contributed by atoms with Gasteiger partial charge in [0.05, 0.1) is 5.69 Å². The fourth-order valence-electron chi connectivity index (χ4n) is 5.04. The maximum absolute atomic E-state index is 13.3. The number of hydrazine groups is 1. The van der Waals surface area contributed by atoms with Crippen molar-refractivity contribution < 1.29 is 19.5 Å². The number of aromatic nitrogens is 3. The number of rotatable bonds is 13. The molecule has 11 heteroatoms. The number of amides is 3. The molecule has 0 atom stereocenters. The highest BCUT2D eigenvalue weighted by Gasteiger charge is 2.28. The van der Waals surface area contributed by atoms with Crippen LogP contribution in [0.25, 0.3) is 16.7 Å². The van der Waals surface area contributed by atoms with Gasteiger partial charge in [-0.25, -0.2) is 5.84 Å². The molecule has 0 aliphatic rings. The van der Waals surface area contributed by atoms with E-state index in [0.29, 0.717) is 47.2 Å². The lowest BCUT2D eigenvalue weighted by Gasteiger charge is -2.29. The van der Waals surface area contributed by atoms with E-state index in [-0.39, 0.29) is 17.6 Å². The van der Waals surface area contributed by atoms with E-state index in [9.17, 15) is 19.5 Å². The Morgan fingerprint density at radius 2 is 1.53 bits per heavy atom. The number of aromatic hydroxyl groups is 1. The summed E-state index contributed by atoms with van der Waals surface area (Å²) in [6.45, 7) is 4.15. The van der Waals surface area contributed by atoms with Crippen molar-refractivity contribution in [1.29, 1.82) is 0 Å². The number of anilines is 1. The van der Waals surface area contributed by atoms with E-state index < -0.39 is 11.3 Å². The van der Waals surface area contributed by atoms with Gasteiger partial charge < -0.3 is 15.7 Å². The van der Waals surface area contributed by atoms with E-state index in [1.807, 2.05) is 42.5 Å². The highest BCUT2D eigenvalue weighted by atomic mass is 16.3. The Hall–Kier alpha value is -4.77. The van der Waals surface area contributed by atoms with E-state index in [4.69, 9.17) is 11.6 Å². The maximum atomic E-state index is 13.3. The zero-order valence-electron chi connectivity index (χ0n) is 24.8. The molecule has 3 amide bonds. The summed E-state index contributed by atoms with van der Waals surface area (Å²) < 4.78 is 0. The molecule has 0 saturated carbocycles. The normalized spacial score (nSPS) is 11.4. The van der Waals surface area contributed by atoms with Crippen molar-refractivity contribution in [3.63, 3.8) is 0 Å². The number of fused-ring (bicyclic) bond motifs is 1. The lowest BCUT2D eigenvalue weighted by atomic mass is 9.77. The molecular formula is C32H39N7O4. The number of carbonyl (C=O) groups is 3. The number of hydrogen-bond donors (Lipinski definition) is 4. The molecule has 0 unspecified atom stereocenters. The molecule has 0 fully saturated rings. The molecule has 1 heterocycles. The van der Waals surface area contributed by atoms with Crippen LogP contribution in [-0.4, -0.2) is 44.9 Å². The van der Waals surface area contributed by atoms with Crippen LogP contribution in [-0.2, 0) is 15.0 Å². The summed E-state index contributed by atoms with van der Waals surface area (Å²) >= 11 is 0. The van der Waals surface area contributed by atoms with E-state index in [0.717, 1.165) is 36.8 Å². The summed E-state index contributed by atoms with van der Waals surface area (Å²) in [7, 11) is 1.65. The van der Waals surface area contributed by atoms with Gasteiger partial charge in [0, 0.05) is 30.9 Å². The van der Waals surface area contributed by atoms with E-state index in [1.54, 1.807) is 25.2 Å². The van der Waals surface area contributed by atoms with Gasteiger partial charge in [-0.2, -0.15) is 0 Å². The number of benzene rings is 3. The second-order valence-corrected chi connectivity index (χ2v) is 11.2. The highest BCUT2D eigenvalue weighted by molar-refractivity contribution is 5.96. The lowest BCUT2D eigenvalue weighted by molar-refractivity contribution is -0.121. The average molecular weight is 586 g/mol. The fraction of sp³-hybridized carbons (Fsp3) is 0.344. The van der Waals surface area contributed by atoms with Gasteiger partial charge in [0.2, 0.25) is 17.7 Å². The molecule has 4 aromatic rings. The summed E-state index contributed by atoms with van der Waals surface area (Å²) in [6.07, 6.45) is 4.76. The number of nitrogens with one attached hydrogen (secondary N) is 1. The van der Waals surface area contributed by atoms with Crippen molar-refractivity contribution in [2.24, 2.45) is 11.6 Å². The van der Waals surface area contributed by atoms with Gasteiger partial charge in [-0.3, -0.25) is 19.8 Å². The lowest BCUT2D eigenvalue weighted by Crippen LogP contribution is -2.29. The topological polar surface area (TPSA) is 169 Å². The Balaban J connectivity index is 1.64. The summed E-state index contributed by atoms with van der Waals surface area (Å²) in [5, 5.41) is 20.6. The van der Waals surface area contributed by atoms with Crippen LogP contribution in [0.2, 0.25) is 0 Å². The number of primary amides is 1. The van der Waals surface area contributed by atoms with E-state index >= 15 is 0 Å². The first-order valence-corrected chi connectivity index (χ1v) is 14.4. The minimum atomic E-state index is -0.577. The molecule has 0 bridgehead atoms. The maximum Gasteiger partial charge on any atom is 0.248 e. The molecular weight excluding hydrogens is 546 g/mol. The molecule has 43 heavy (non-hydrogen) atoms. The standard InChI is InChI=1S/C32H39N7O4/c1-32(2,22-12-8-7-9-13-22)23-19-26(38(3)29(41)15-11-6-4-5-10-14-28(40)35-34)30(42)27(20-23)39-36-24-17-16-21(31(33)43)18-25(24)37-39/h7-9,12-13,16-20,42H,4-6,10-11,14-15,34H2,1-3H3,(H2,33,43)(H,35,40). The Morgan fingerprint density at radius 1 is 0.884 bits per heavy atom. The largest absolute Gasteiger partial charge is 0.504 e. The molecule has 3 aromatic carbocycles. The second kappa shape index (κ2) is 13.5. The predicted octanol–water partition coefficient (Wildman–Crippen LogP) is 4.23. The molecule has 4 rings (SSSR count). The van der Waals surface area contributed by atoms with Crippen LogP contribution in [0.1, 0.15) is 80.3 Å². The van der Waals surface area contributed by atoms with Crippen LogP contribution in [0.5, 0.6) is 5.75 Å². The molecule has 0 aliphatic heterocycles. The van der Waals surface area contributed by atoms with Crippen molar-refractivity contribution in [2.75, 3.05) is 11.9 Å². The summed E-state index contributed by atoms with van der Waals surface area (Å²) in [6, 6.07) is 18.4. The number of nitrogens with two attached hydrogens (primary N) is 2. The molecule has 0 spiro atoms.